The van der Waals surface area contributed by atoms with E-state index in [9.17, 15) is 4.79 Å². The zero-order chi connectivity index (χ0) is 12.5. The first-order chi connectivity index (χ1) is 8.27. The molecule has 3 heteroatoms. The summed E-state index contributed by atoms with van der Waals surface area (Å²) >= 11 is 0. The summed E-state index contributed by atoms with van der Waals surface area (Å²) in [6.07, 6.45) is 5.26. The van der Waals surface area contributed by atoms with E-state index in [0.717, 1.165) is 25.7 Å². The molecule has 0 spiro atoms. The average Bonchev–Trinajstić information content (AvgIpc) is 2.36. The lowest BCUT2D eigenvalue weighted by atomic mass is 10.0. The van der Waals surface area contributed by atoms with Gasteiger partial charge in [0, 0.05) is 5.56 Å². The fraction of sp³-hybridized carbons (Fsp3) is 0.357. The summed E-state index contributed by atoms with van der Waals surface area (Å²) in [7, 11) is 0. The van der Waals surface area contributed by atoms with Crippen molar-refractivity contribution in [3.63, 3.8) is 0 Å². The number of rotatable bonds is 7. The van der Waals surface area contributed by atoms with E-state index in [1.807, 2.05) is 18.2 Å². The normalized spacial score (nSPS) is 9.59. The Balaban J connectivity index is 2.47. The highest BCUT2D eigenvalue weighted by Crippen LogP contribution is 2.10. The Morgan fingerprint density at radius 2 is 2.00 bits per heavy atom. The molecule has 1 N–H and O–H groups in total. The summed E-state index contributed by atoms with van der Waals surface area (Å²) in [5.41, 5.74) is 1.80. The van der Waals surface area contributed by atoms with Gasteiger partial charge in [-0.3, -0.25) is 4.79 Å². The molecular formula is C14H16N2O. The average molecular weight is 228 g/mol. The molecule has 0 aliphatic carbocycles. The summed E-state index contributed by atoms with van der Waals surface area (Å²) in [5.74, 6) is -0.122. The summed E-state index contributed by atoms with van der Waals surface area (Å²) in [6, 6.07) is 9.30. The first-order valence-electron chi connectivity index (χ1n) is 5.76. The van der Waals surface area contributed by atoms with Gasteiger partial charge in [0.1, 0.15) is 0 Å². The van der Waals surface area contributed by atoms with Crippen LogP contribution in [0.3, 0.4) is 0 Å². The lowest BCUT2D eigenvalue weighted by Crippen LogP contribution is -1.97. The molecule has 0 heterocycles. The van der Waals surface area contributed by atoms with E-state index in [4.69, 9.17) is 10.7 Å². The highest BCUT2D eigenvalue weighted by atomic mass is 16.1. The number of unbranched alkanes of at least 4 members (excludes halogenated alkanes) is 2. The van der Waals surface area contributed by atoms with Crippen LogP contribution in [-0.4, -0.2) is 12.0 Å². The van der Waals surface area contributed by atoms with Crippen LogP contribution in [0.2, 0.25) is 0 Å². The first-order valence-corrected chi connectivity index (χ1v) is 5.76. The highest BCUT2D eigenvalue weighted by molar-refractivity contribution is 5.97. The van der Waals surface area contributed by atoms with Crippen molar-refractivity contribution in [2.45, 2.75) is 32.1 Å². The van der Waals surface area contributed by atoms with Gasteiger partial charge in [-0.25, -0.2) is 0 Å². The van der Waals surface area contributed by atoms with Gasteiger partial charge in [-0.15, -0.1) is 0 Å². The smallest absolute Gasteiger partial charge is 0.176 e. The SMILES string of the molecule is N#CCC(=O)c1ccc(CCCCC=N)cc1. The zero-order valence-corrected chi connectivity index (χ0v) is 9.78. The number of hydrogen-bond acceptors (Lipinski definition) is 3. The van der Waals surface area contributed by atoms with Gasteiger partial charge in [-0.1, -0.05) is 24.3 Å². The van der Waals surface area contributed by atoms with Gasteiger partial charge in [-0.05, 0) is 37.5 Å². The van der Waals surface area contributed by atoms with Crippen LogP contribution >= 0.6 is 0 Å². The molecule has 0 unspecified atom stereocenters. The Hall–Kier alpha value is -1.95. The number of nitrogens with zero attached hydrogens (tertiary/aromatic N) is 1. The number of Topliss-reactive ketones (excluding diaryl/α,β-unsaturated/α-hetero) is 1. The fourth-order valence-corrected chi connectivity index (χ4v) is 1.61. The standard InChI is InChI=1S/C14H16N2O/c15-10-3-1-2-4-12-5-7-13(8-6-12)14(17)9-11-16/h5-8,10,15H,1-4,9H2. The fourth-order valence-electron chi connectivity index (χ4n) is 1.61. The van der Waals surface area contributed by atoms with Crippen molar-refractivity contribution in [2.24, 2.45) is 0 Å². The Labute approximate surface area is 102 Å². The number of benzene rings is 1. The Kier molecular flexibility index (Phi) is 5.67. The second-order valence-corrected chi connectivity index (χ2v) is 3.90. The van der Waals surface area contributed by atoms with E-state index in [2.05, 4.69) is 0 Å². The summed E-state index contributed by atoms with van der Waals surface area (Å²) < 4.78 is 0. The van der Waals surface area contributed by atoms with Crippen LogP contribution < -0.4 is 0 Å². The largest absolute Gasteiger partial charge is 0.313 e. The molecular weight excluding hydrogens is 212 g/mol. The molecule has 88 valence electrons. The summed E-state index contributed by atoms with van der Waals surface area (Å²) in [4.78, 5) is 11.4. The number of ketones is 1. The van der Waals surface area contributed by atoms with Gasteiger partial charge >= 0.3 is 0 Å². The van der Waals surface area contributed by atoms with Crippen LogP contribution in [-0.2, 0) is 6.42 Å². The maximum absolute atomic E-state index is 11.4. The lowest BCUT2D eigenvalue weighted by Gasteiger charge is -2.02. The third-order valence-electron chi connectivity index (χ3n) is 2.58. The van der Waals surface area contributed by atoms with Gasteiger partial charge < -0.3 is 5.41 Å². The molecule has 0 radical (unpaired) electrons. The molecule has 0 bridgehead atoms. The van der Waals surface area contributed by atoms with Gasteiger partial charge in [0.15, 0.2) is 5.78 Å². The number of carbonyl (C=O) groups excluding carboxylic acids is 1. The summed E-state index contributed by atoms with van der Waals surface area (Å²) in [6.45, 7) is 0. The summed E-state index contributed by atoms with van der Waals surface area (Å²) in [5, 5.41) is 15.3. The molecule has 0 saturated heterocycles. The van der Waals surface area contributed by atoms with Crippen LogP contribution in [0.25, 0.3) is 0 Å². The van der Waals surface area contributed by atoms with Gasteiger partial charge in [-0.2, -0.15) is 5.26 Å². The van der Waals surface area contributed by atoms with E-state index in [1.165, 1.54) is 11.8 Å². The Morgan fingerprint density at radius 3 is 2.59 bits per heavy atom. The van der Waals surface area contributed by atoms with Gasteiger partial charge in [0.2, 0.25) is 0 Å². The topological polar surface area (TPSA) is 64.7 Å². The Morgan fingerprint density at radius 1 is 1.29 bits per heavy atom. The van der Waals surface area contributed by atoms with E-state index in [1.54, 1.807) is 12.1 Å². The van der Waals surface area contributed by atoms with E-state index < -0.39 is 0 Å². The van der Waals surface area contributed by atoms with E-state index in [-0.39, 0.29) is 12.2 Å². The van der Waals surface area contributed by atoms with Gasteiger partial charge in [0.25, 0.3) is 0 Å². The molecule has 0 aliphatic rings. The van der Waals surface area contributed by atoms with Crippen LogP contribution in [0.5, 0.6) is 0 Å². The van der Waals surface area contributed by atoms with Crippen molar-refractivity contribution >= 4 is 12.0 Å². The van der Waals surface area contributed by atoms with Crippen molar-refractivity contribution < 1.29 is 4.79 Å². The molecule has 1 aromatic rings. The maximum Gasteiger partial charge on any atom is 0.176 e. The minimum Gasteiger partial charge on any atom is -0.313 e. The predicted octanol–water partition coefficient (Wildman–Crippen LogP) is 3.15. The number of nitriles is 1. The quantitative estimate of drug-likeness (QED) is 0.442. The third kappa shape index (κ3) is 4.60. The van der Waals surface area contributed by atoms with E-state index in [0.29, 0.717) is 5.56 Å². The molecule has 0 amide bonds. The number of carbonyl (C=O) groups is 1. The second-order valence-electron chi connectivity index (χ2n) is 3.90. The molecule has 0 fully saturated rings. The van der Waals surface area contributed by atoms with Crippen LogP contribution in [0, 0.1) is 16.7 Å². The van der Waals surface area contributed by atoms with Crippen LogP contribution in [0.15, 0.2) is 24.3 Å². The maximum atomic E-state index is 11.4. The first kappa shape index (κ1) is 13.1. The molecule has 17 heavy (non-hydrogen) atoms. The monoisotopic (exact) mass is 228 g/mol. The number of hydrogen-bond donors (Lipinski definition) is 1. The molecule has 0 atom stereocenters. The molecule has 1 rings (SSSR count). The van der Waals surface area contributed by atoms with Crippen LogP contribution in [0.1, 0.15) is 41.6 Å². The molecule has 3 nitrogen and oxygen atoms in total. The predicted molar refractivity (Wildman–Crippen MR) is 67.3 cm³/mol. The number of nitrogens with one attached hydrogen (secondary N) is 1. The van der Waals surface area contributed by atoms with Crippen molar-refractivity contribution in [1.29, 1.82) is 10.7 Å². The minimum absolute atomic E-state index is 0.0569. The minimum atomic E-state index is -0.122. The molecule has 0 aromatic heterocycles. The number of aryl methyl sites for hydroxylation is 1. The molecule has 0 aliphatic heterocycles. The van der Waals surface area contributed by atoms with Crippen LogP contribution in [0.4, 0.5) is 0 Å². The molecule has 1 aromatic carbocycles. The van der Waals surface area contributed by atoms with Crippen molar-refractivity contribution in [3.8, 4) is 6.07 Å². The highest BCUT2D eigenvalue weighted by Gasteiger charge is 2.04. The Bertz CT molecular complexity index is 415. The lowest BCUT2D eigenvalue weighted by molar-refractivity contribution is 0.0997. The van der Waals surface area contributed by atoms with Gasteiger partial charge in [0.05, 0.1) is 12.5 Å². The van der Waals surface area contributed by atoms with Crippen molar-refractivity contribution in [2.75, 3.05) is 0 Å². The third-order valence-corrected chi connectivity index (χ3v) is 2.58. The zero-order valence-electron chi connectivity index (χ0n) is 9.78. The van der Waals surface area contributed by atoms with Crippen molar-refractivity contribution in [1.82, 2.24) is 0 Å². The van der Waals surface area contributed by atoms with E-state index >= 15 is 0 Å². The van der Waals surface area contributed by atoms with Crippen molar-refractivity contribution in [3.05, 3.63) is 35.4 Å². The second kappa shape index (κ2) is 7.34. The molecule has 0 saturated carbocycles.